The maximum atomic E-state index is 9.18. The predicted octanol–water partition coefficient (Wildman–Crippen LogP) is 6.82. The number of benzene rings is 3. The number of phenolic OH excluding ortho intramolecular Hbond substituents is 2. The van der Waals surface area contributed by atoms with Crippen molar-refractivity contribution in [1.29, 1.82) is 0 Å². The number of aromatic hydroxyl groups is 2. The second kappa shape index (κ2) is 12.4. The molecule has 0 aliphatic carbocycles. The molecule has 3 aromatic rings. The van der Waals surface area contributed by atoms with E-state index in [0.29, 0.717) is 0 Å². The molecule has 0 spiro atoms. The Bertz CT molecular complexity index is 725. The van der Waals surface area contributed by atoms with Gasteiger partial charge in [-0.15, -0.1) is 0 Å². The second-order valence-electron chi connectivity index (χ2n) is 5.81. The zero-order chi connectivity index (χ0) is 20.1. The maximum Gasteiger partial charge on any atom is 0.115 e. The van der Waals surface area contributed by atoms with Gasteiger partial charge >= 0.3 is 0 Å². The predicted molar refractivity (Wildman–Crippen MR) is 116 cm³/mol. The molecule has 2 nitrogen and oxygen atoms in total. The number of rotatable bonds is 4. The summed E-state index contributed by atoms with van der Waals surface area (Å²) in [4.78, 5) is 0. The molecule has 0 aliphatic rings. The van der Waals surface area contributed by atoms with Crippen molar-refractivity contribution < 1.29 is 10.2 Å². The summed E-state index contributed by atoms with van der Waals surface area (Å²) < 4.78 is 0. The van der Waals surface area contributed by atoms with Crippen LogP contribution in [0.25, 0.3) is 5.57 Å². The minimum absolute atomic E-state index is 0.238. The molecule has 0 bridgehead atoms. The summed E-state index contributed by atoms with van der Waals surface area (Å²) in [6.45, 7) is 10.2. The smallest absolute Gasteiger partial charge is 0.115 e. The monoisotopic (exact) mass is 362 g/mol. The molecule has 0 heterocycles. The van der Waals surface area contributed by atoms with Gasteiger partial charge in [0.15, 0.2) is 0 Å². The van der Waals surface area contributed by atoms with E-state index in [4.69, 9.17) is 0 Å². The summed E-state index contributed by atoms with van der Waals surface area (Å²) in [6, 6.07) is 24.3. The fraction of sp³-hybridized carbons (Fsp3) is 0.200. The highest BCUT2D eigenvalue weighted by atomic mass is 16.3. The number of hydrogen-bond donors (Lipinski definition) is 2. The van der Waals surface area contributed by atoms with Crippen molar-refractivity contribution in [2.24, 2.45) is 0 Å². The Labute approximate surface area is 163 Å². The third kappa shape index (κ3) is 7.83. The Morgan fingerprint density at radius 2 is 1.11 bits per heavy atom. The van der Waals surface area contributed by atoms with Crippen molar-refractivity contribution >= 4 is 5.57 Å². The van der Waals surface area contributed by atoms with Crippen LogP contribution in [0.1, 0.15) is 43.9 Å². The molecule has 3 rings (SSSR count). The summed E-state index contributed by atoms with van der Waals surface area (Å²) in [5.41, 5.74) is 4.20. The van der Waals surface area contributed by atoms with Gasteiger partial charge in [-0.05, 0) is 52.9 Å². The molecule has 0 amide bonds. The van der Waals surface area contributed by atoms with Crippen LogP contribution in [-0.2, 0) is 6.42 Å². The topological polar surface area (TPSA) is 40.5 Å². The minimum atomic E-state index is 0.238. The molecule has 0 atom stereocenters. The van der Waals surface area contributed by atoms with Crippen molar-refractivity contribution in [3.63, 3.8) is 0 Å². The third-order valence-electron chi connectivity index (χ3n) is 3.81. The normalized spacial score (nSPS) is 9.30. The van der Waals surface area contributed by atoms with Gasteiger partial charge in [0.1, 0.15) is 11.5 Å². The third-order valence-corrected chi connectivity index (χ3v) is 3.81. The van der Waals surface area contributed by atoms with Crippen molar-refractivity contribution in [1.82, 2.24) is 0 Å². The van der Waals surface area contributed by atoms with Crippen LogP contribution in [0.5, 0.6) is 11.5 Å². The fourth-order valence-electron chi connectivity index (χ4n) is 2.43. The van der Waals surface area contributed by atoms with E-state index >= 15 is 0 Å². The molecule has 0 radical (unpaired) electrons. The van der Waals surface area contributed by atoms with E-state index in [0.717, 1.165) is 16.7 Å². The molecule has 0 saturated heterocycles. The summed E-state index contributed by atoms with van der Waals surface area (Å²) >= 11 is 0. The molecule has 0 fully saturated rings. The summed E-state index contributed by atoms with van der Waals surface area (Å²) in [5, 5.41) is 18.4. The van der Waals surface area contributed by atoms with Gasteiger partial charge in [0, 0.05) is 0 Å². The van der Waals surface area contributed by atoms with Crippen LogP contribution in [-0.4, -0.2) is 10.2 Å². The van der Waals surface area contributed by atoms with E-state index in [1.165, 1.54) is 18.4 Å². The maximum absolute atomic E-state index is 9.18. The Hall–Kier alpha value is -3.00. The van der Waals surface area contributed by atoms with Crippen molar-refractivity contribution in [3.8, 4) is 11.5 Å². The molecular weight excluding hydrogens is 332 g/mol. The average Bonchev–Trinajstić information content (AvgIpc) is 2.72. The zero-order valence-electron chi connectivity index (χ0n) is 16.5. The van der Waals surface area contributed by atoms with Crippen molar-refractivity contribution in [2.45, 2.75) is 33.6 Å². The van der Waals surface area contributed by atoms with Gasteiger partial charge in [0.05, 0.1) is 0 Å². The van der Waals surface area contributed by atoms with Crippen LogP contribution in [0.3, 0.4) is 0 Å². The Morgan fingerprint density at radius 3 is 1.48 bits per heavy atom. The molecule has 142 valence electrons. The van der Waals surface area contributed by atoms with Crippen molar-refractivity contribution in [3.05, 3.63) is 102 Å². The quantitative estimate of drug-likeness (QED) is 0.534. The average molecular weight is 363 g/mol. The Morgan fingerprint density at radius 1 is 0.704 bits per heavy atom. The number of hydrogen-bond acceptors (Lipinski definition) is 2. The highest BCUT2D eigenvalue weighted by Crippen LogP contribution is 2.24. The highest BCUT2D eigenvalue weighted by molar-refractivity contribution is 5.78. The first kappa shape index (κ1) is 22.0. The molecule has 27 heavy (non-hydrogen) atoms. The summed E-state index contributed by atoms with van der Waals surface area (Å²) in [7, 11) is 0. The van der Waals surface area contributed by atoms with E-state index in [1.54, 1.807) is 24.3 Å². The van der Waals surface area contributed by atoms with Crippen LogP contribution >= 0.6 is 0 Å². The molecule has 2 N–H and O–H groups in total. The van der Waals surface area contributed by atoms with E-state index in [1.807, 2.05) is 38.1 Å². The lowest BCUT2D eigenvalue weighted by Crippen LogP contribution is -1.85. The number of phenols is 2. The molecule has 0 saturated carbocycles. The van der Waals surface area contributed by atoms with Gasteiger partial charge < -0.3 is 10.2 Å². The Kier molecular flexibility index (Phi) is 10.1. The first-order valence-corrected chi connectivity index (χ1v) is 9.41. The fourth-order valence-corrected chi connectivity index (χ4v) is 2.43. The van der Waals surface area contributed by atoms with Gasteiger partial charge in [0.25, 0.3) is 0 Å². The van der Waals surface area contributed by atoms with E-state index in [2.05, 4.69) is 43.8 Å². The van der Waals surface area contributed by atoms with Crippen LogP contribution in [0.4, 0.5) is 0 Å². The SMILES string of the molecule is C=C(c1ccc(O)cc1)c1ccc(O)cc1.CC.CCCc1ccccc1. The molecule has 3 aromatic carbocycles. The summed E-state index contributed by atoms with van der Waals surface area (Å²) in [6.07, 6.45) is 2.45. The lowest BCUT2D eigenvalue weighted by molar-refractivity contribution is 0.475. The zero-order valence-corrected chi connectivity index (χ0v) is 16.5. The van der Waals surface area contributed by atoms with Crippen LogP contribution in [0.15, 0.2) is 85.4 Å². The minimum Gasteiger partial charge on any atom is -0.508 e. The van der Waals surface area contributed by atoms with Crippen LogP contribution < -0.4 is 0 Å². The molecule has 0 aliphatic heterocycles. The molecular formula is C25H30O2. The Balaban J connectivity index is 0.000000282. The largest absolute Gasteiger partial charge is 0.508 e. The number of aryl methyl sites for hydroxylation is 1. The highest BCUT2D eigenvalue weighted by Gasteiger charge is 2.02. The first-order chi connectivity index (χ1) is 13.1. The van der Waals surface area contributed by atoms with E-state index < -0.39 is 0 Å². The molecule has 2 heteroatoms. The molecule has 0 aromatic heterocycles. The van der Waals surface area contributed by atoms with Gasteiger partial charge in [-0.2, -0.15) is 0 Å². The molecule has 0 unspecified atom stereocenters. The van der Waals surface area contributed by atoms with Crippen LogP contribution in [0, 0.1) is 0 Å². The lowest BCUT2D eigenvalue weighted by Gasteiger charge is -2.06. The first-order valence-electron chi connectivity index (χ1n) is 9.41. The van der Waals surface area contributed by atoms with E-state index in [9.17, 15) is 10.2 Å². The van der Waals surface area contributed by atoms with Gasteiger partial charge in [0.2, 0.25) is 0 Å². The second-order valence-corrected chi connectivity index (χ2v) is 5.81. The van der Waals surface area contributed by atoms with Gasteiger partial charge in [-0.1, -0.05) is 88.4 Å². The lowest BCUT2D eigenvalue weighted by atomic mass is 10.00. The summed E-state index contributed by atoms with van der Waals surface area (Å²) in [5.74, 6) is 0.476. The van der Waals surface area contributed by atoms with Crippen molar-refractivity contribution in [2.75, 3.05) is 0 Å². The standard InChI is InChI=1S/C14H12O2.C9H12.C2H6/c1-10(11-2-6-13(15)7-3-11)12-4-8-14(16)9-5-12;1-2-6-9-7-4-3-5-8-9;1-2/h2-9,15-16H,1H2;3-5,7-8H,2,6H2,1H3;1-2H3. The van der Waals surface area contributed by atoms with Gasteiger partial charge in [-0.25, -0.2) is 0 Å². The van der Waals surface area contributed by atoms with Gasteiger partial charge in [-0.3, -0.25) is 0 Å². The van der Waals surface area contributed by atoms with Crippen LogP contribution in [0.2, 0.25) is 0 Å². The van der Waals surface area contributed by atoms with E-state index in [-0.39, 0.29) is 11.5 Å².